The van der Waals surface area contributed by atoms with E-state index < -0.39 is 0 Å². The van der Waals surface area contributed by atoms with Gasteiger partial charge in [0.25, 0.3) is 0 Å². The number of aromatic nitrogens is 1. The van der Waals surface area contributed by atoms with Crippen molar-refractivity contribution >= 4 is 17.5 Å². The Balaban J connectivity index is 1.98. The molecule has 1 heterocycles. The van der Waals surface area contributed by atoms with E-state index in [1.54, 1.807) is 6.20 Å². The number of anilines is 2. The predicted octanol–water partition coefficient (Wildman–Crippen LogP) is 3.34. The molecule has 1 aromatic carbocycles. The number of hydrogen-bond donors (Lipinski definition) is 2. The monoisotopic (exact) mass is 241 g/mol. The zero-order valence-corrected chi connectivity index (χ0v) is 10.4. The van der Waals surface area contributed by atoms with E-state index in [9.17, 15) is 4.79 Å². The van der Waals surface area contributed by atoms with Gasteiger partial charge in [-0.3, -0.25) is 5.32 Å². The van der Waals surface area contributed by atoms with Crippen LogP contribution in [0.15, 0.2) is 42.6 Å². The maximum absolute atomic E-state index is 11.7. The number of amides is 2. The Morgan fingerprint density at radius 1 is 1.00 bits per heavy atom. The molecular formula is C14H15N3O. The highest BCUT2D eigenvalue weighted by molar-refractivity contribution is 5.99. The Morgan fingerprint density at radius 3 is 2.39 bits per heavy atom. The first-order valence-electron chi connectivity index (χ1n) is 5.71. The quantitative estimate of drug-likeness (QED) is 0.847. The number of carbonyl (C=O) groups is 1. The zero-order valence-electron chi connectivity index (χ0n) is 10.4. The second-order valence-corrected chi connectivity index (χ2v) is 4.16. The molecule has 92 valence electrons. The molecule has 1 aromatic heterocycles. The molecule has 2 N–H and O–H groups in total. The van der Waals surface area contributed by atoms with E-state index in [2.05, 4.69) is 15.6 Å². The maximum atomic E-state index is 11.7. The van der Waals surface area contributed by atoms with Crippen molar-refractivity contribution in [1.29, 1.82) is 0 Å². The molecule has 0 fully saturated rings. The van der Waals surface area contributed by atoms with Gasteiger partial charge in [0.1, 0.15) is 5.82 Å². The SMILES string of the molecule is Cc1ccc(NC(=O)Nc2cc(C)ccn2)cc1. The Labute approximate surface area is 106 Å². The topological polar surface area (TPSA) is 54.0 Å². The van der Waals surface area contributed by atoms with Gasteiger partial charge < -0.3 is 5.32 Å². The van der Waals surface area contributed by atoms with Gasteiger partial charge in [-0.1, -0.05) is 17.7 Å². The molecule has 2 aromatic rings. The van der Waals surface area contributed by atoms with Gasteiger partial charge in [-0.2, -0.15) is 0 Å². The average molecular weight is 241 g/mol. The Hall–Kier alpha value is -2.36. The lowest BCUT2D eigenvalue weighted by atomic mass is 10.2. The van der Waals surface area contributed by atoms with Gasteiger partial charge >= 0.3 is 6.03 Å². The Bertz CT molecular complexity index is 549. The molecule has 0 unspecified atom stereocenters. The van der Waals surface area contributed by atoms with E-state index in [0.717, 1.165) is 16.8 Å². The van der Waals surface area contributed by atoms with Gasteiger partial charge in [-0.15, -0.1) is 0 Å². The fourth-order valence-electron chi connectivity index (χ4n) is 1.52. The summed E-state index contributed by atoms with van der Waals surface area (Å²) in [5.41, 5.74) is 2.96. The number of aryl methyl sites for hydroxylation is 2. The number of pyridine rings is 1. The molecule has 2 rings (SSSR count). The number of nitrogens with one attached hydrogen (secondary N) is 2. The predicted molar refractivity (Wildman–Crippen MR) is 72.8 cm³/mol. The van der Waals surface area contributed by atoms with Crippen molar-refractivity contribution in [3.05, 3.63) is 53.7 Å². The van der Waals surface area contributed by atoms with Crippen LogP contribution in [0, 0.1) is 13.8 Å². The van der Waals surface area contributed by atoms with Crippen molar-refractivity contribution in [3.63, 3.8) is 0 Å². The van der Waals surface area contributed by atoms with E-state index in [-0.39, 0.29) is 6.03 Å². The first-order chi connectivity index (χ1) is 8.63. The number of benzene rings is 1. The Kier molecular flexibility index (Phi) is 3.57. The highest BCUT2D eigenvalue weighted by Gasteiger charge is 2.03. The van der Waals surface area contributed by atoms with Crippen LogP contribution >= 0.6 is 0 Å². The van der Waals surface area contributed by atoms with Crippen LogP contribution in [-0.2, 0) is 0 Å². The highest BCUT2D eigenvalue weighted by atomic mass is 16.2. The minimum absolute atomic E-state index is 0.294. The van der Waals surface area contributed by atoms with Crippen LogP contribution in [-0.4, -0.2) is 11.0 Å². The van der Waals surface area contributed by atoms with Crippen molar-refractivity contribution in [1.82, 2.24) is 4.98 Å². The summed E-state index contributed by atoms with van der Waals surface area (Å²) in [4.78, 5) is 15.8. The summed E-state index contributed by atoms with van der Waals surface area (Å²) in [6, 6.07) is 11.0. The summed E-state index contributed by atoms with van der Waals surface area (Å²) in [5, 5.41) is 5.43. The van der Waals surface area contributed by atoms with Crippen molar-refractivity contribution in [2.75, 3.05) is 10.6 Å². The lowest BCUT2D eigenvalue weighted by Gasteiger charge is -2.07. The summed E-state index contributed by atoms with van der Waals surface area (Å²) >= 11 is 0. The van der Waals surface area contributed by atoms with Crippen LogP contribution in [0.5, 0.6) is 0 Å². The third-order valence-electron chi connectivity index (χ3n) is 2.47. The van der Waals surface area contributed by atoms with E-state index in [1.807, 2.05) is 50.2 Å². The maximum Gasteiger partial charge on any atom is 0.324 e. The summed E-state index contributed by atoms with van der Waals surface area (Å²) in [6.45, 7) is 3.95. The third kappa shape index (κ3) is 3.31. The van der Waals surface area contributed by atoms with Gasteiger partial charge in [0.05, 0.1) is 0 Å². The van der Waals surface area contributed by atoms with Gasteiger partial charge in [-0.25, -0.2) is 9.78 Å². The minimum Gasteiger partial charge on any atom is -0.308 e. The number of urea groups is 1. The largest absolute Gasteiger partial charge is 0.324 e. The molecule has 4 heteroatoms. The number of nitrogens with zero attached hydrogens (tertiary/aromatic N) is 1. The molecule has 0 aliphatic carbocycles. The van der Waals surface area contributed by atoms with Crippen LogP contribution < -0.4 is 10.6 Å². The molecule has 0 saturated carbocycles. The number of hydrogen-bond acceptors (Lipinski definition) is 2. The fraction of sp³-hybridized carbons (Fsp3) is 0.143. The standard InChI is InChI=1S/C14H15N3O/c1-10-3-5-12(6-4-10)16-14(18)17-13-9-11(2)7-8-15-13/h3-9H,1-2H3,(H2,15,16,17,18). The van der Waals surface area contributed by atoms with Crippen molar-refractivity contribution in [2.24, 2.45) is 0 Å². The smallest absolute Gasteiger partial charge is 0.308 e. The van der Waals surface area contributed by atoms with Crippen LogP contribution in [0.25, 0.3) is 0 Å². The molecule has 0 spiro atoms. The van der Waals surface area contributed by atoms with Crippen molar-refractivity contribution in [2.45, 2.75) is 13.8 Å². The van der Waals surface area contributed by atoms with Crippen LogP contribution in [0.2, 0.25) is 0 Å². The molecule has 0 saturated heterocycles. The summed E-state index contributed by atoms with van der Waals surface area (Å²) < 4.78 is 0. The van der Waals surface area contributed by atoms with E-state index in [0.29, 0.717) is 5.82 Å². The summed E-state index contributed by atoms with van der Waals surface area (Å²) in [7, 11) is 0. The highest BCUT2D eigenvalue weighted by Crippen LogP contribution is 2.10. The summed E-state index contributed by atoms with van der Waals surface area (Å²) in [5.74, 6) is 0.541. The molecule has 18 heavy (non-hydrogen) atoms. The molecule has 0 aliphatic rings. The van der Waals surface area contributed by atoms with Crippen molar-refractivity contribution in [3.8, 4) is 0 Å². The van der Waals surface area contributed by atoms with Crippen LogP contribution in [0.3, 0.4) is 0 Å². The van der Waals surface area contributed by atoms with Gasteiger partial charge in [0.2, 0.25) is 0 Å². The minimum atomic E-state index is -0.294. The first-order valence-corrected chi connectivity index (χ1v) is 5.71. The lowest BCUT2D eigenvalue weighted by molar-refractivity contribution is 0.262. The fourth-order valence-corrected chi connectivity index (χ4v) is 1.52. The molecule has 0 radical (unpaired) electrons. The van der Waals surface area contributed by atoms with E-state index >= 15 is 0 Å². The lowest BCUT2D eigenvalue weighted by Crippen LogP contribution is -2.20. The van der Waals surface area contributed by atoms with Crippen molar-refractivity contribution < 1.29 is 4.79 Å². The first kappa shape index (κ1) is 12.1. The van der Waals surface area contributed by atoms with Gasteiger partial charge in [-0.05, 0) is 43.7 Å². The van der Waals surface area contributed by atoms with Crippen LogP contribution in [0.1, 0.15) is 11.1 Å². The van der Waals surface area contributed by atoms with E-state index in [1.165, 1.54) is 0 Å². The molecule has 0 aliphatic heterocycles. The molecule has 2 amide bonds. The number of rotatable bonds is 2. The van der Waals surface area contributed by atoms with E-state index in [4.69, 9.17) is 0 Å². The molecule has 0 bridgehead atoms. The summed E-state index contributed by atoms with van der Waals surface area (Å²) in [6.07, 6.45) is 1.66. The van der Waals surface area contributed by atoms with Gasteiger partial charge in [0, 0.05) is 11.9 Å². The second-order valence-electron chi connectivity index (χ2n) is 4.16. The average Bonchev–Trinajstić information content (AvgIpc) is 2.32. The molecule has 4 nitrogen and oxygen atoms in total. The number of carbonyl (C=O) groups excluding carboxylic acids is 1. The molecule has 0 atom stereocenters. The zero-order chi connectivity index (χ0) is 13.0. The third-order valence-corrected chi connectivity index (χ3v) is 2.47. The molecular weight excluding hydrogens is 226 g/mol. The van der Waals surface area contributed by atoms with Gasteiger partial charge in [0.15, 0.2) is 0 Å². The second kappa shape index (κ2) is 5.31. The normalized spacial score (nSPS) is 9.89. The Morgan fingerprint density at radius 2 is 1.72 bits per heavy atom. The van der Waals surface area contributed by atoms with Crippen LogP contribution in [0.4, 0.5) is 16.3 Å².